The van der Waals surface area contributed by atoms with Crippen molar-refractivity contribution in [2.45, 2.75) is 64.8 Å². The second kappa shape index (κ2) is 4.66. The Balaban J connectivity index is 1.73. The van der Waals surface area contributed by atoms with Gasteiger partial charge in [0.2, 0.25) is 0 Å². The maximum atomic E-state index is 9.03. The van der Waals surface area contributed by atoms with Crippen LogP contribution in [0.4, 0.5) is 0 Å². The predicted molar refractivity (Wildman–Crippen MR) is 67.4 cm³/mol. The zero-order chi connectivity index (χ0) is 11.6. The number of rotatable bonds is 5. The van der Waals surface area contributed by atoms with Crippen LogP contribution in [0.15, 0.2) is 0 Å². The molecule has 0 aliphatic heterocycles. The van der Waals surface area contributed by atoms with Gasteiger partial charge in [0.15, 0.2) is 0 Å². The summed E-state index contributed by atoms with van der Waals surface area (Å²) in [6.07, 6.45) is 9.05. The van der Waals surface area contributed by atoms with Gasteiger partial charge >= 0.3 is 0 Å². The van der Waals surface area contributed by atoms with Crippen molar-refractivity contribution in [3.63, 3.8) is 0 Å². The molecule has 2 fully saturated rings. The Morgan fingerprint density at radius 3 is 2.56 bits per heavy atom. The van der Waals surface area contributed by atoms with Crippen LogP contribution >= 0.6 is 0 Å². The summed E-state index contributed by atoms with van der Waals surface area (Å²) in [4.78, 5) is 0. The van der Waals surface area contributed by atoms with Crippen molar-refractivity contribution in [2.75, 3.05) is 13.2 Å². The fourth-order valence-corrected chi connectivity index (χ4v) is 3.16. The molecule has 2 heteroatoms. The van der Waals surface area contributed by atoms with Crippen molar-refractivity contribution in [3.05, 3.63) is 0 Å². The monoisotopic (exact) mass is 225 g/mol. The highest BCUT2D eigenvalue weighted by Gasteiger charge is 2.42. The molecular formula is C14H27NO. The van der Waals surface area contributed by atoms with Crippen molar-refractivity contribution >= 4 is 0 Å². The second-order valence-electron chi connectivity index (χ2n) is 6.81. The van der Waals surface area contributed by atoms with Crippen molar-refractivity contribution in [2.24, 2.45) is 10.8 Å². The van der Waals surface area contributed by atoms with E-state index in [1.54, 1.807) is 0 Å². The maximum Gasteiger partial charge on any atom is 0.0436 e. The van der Waals surface area contributed by atoms with Crippen LogP contribution in [0.1, 0.15) is 58.8 Å². The van der Waals surface area contributed by atoms with E-state index in [1.807, 2.05) is 0 Å². The van der Waals surface area contributed by atoms with Gasteiger partial charge in [0.05, 0.1) is 0 Å². The molecule has 2 saturated carbocycles. The molecule has 0 saturated heterocycles. The Hall–Kier alpha value is -0.0800. The van der Waals surface area contributed by atoms with Gasteiger partial charge in [0.25, 0.3) is 0 Å². The van der Waals surface area contributed by atoms with Gasteiger partial charge in [0.1, 0.15) is 0 Å². The molecule has 2 aliphatic rings. The van der Waals surface area contributed by atoms with E-state index in [4.69, 9.17) is 5.11 Å². The van der Waals surface area contributed by atoms with E-state index in [1.165, 1.54) is 38.5 Å². The summed E-state index contributed by atoms with van der Waals surface area (Å²) in [5.41, 5.74) is 1.000. The zero-order valence-corrected chi connectivity index (χ0v) is 10.9. The van der Waals surface area contributed by atoms with Crippen molar-refractivity contribution in [1.29, 1.82) is 0 Å². The Kier molecular flexibility index (Phi) is 3.60. The summed E-state index contributed by atoms with van der Waals surface area (Å²) in [6.45, 7) is 6.27. The van der Waals surface area contributed by atoms with Crippen molar-refractivity contribution < 1.29 is 5.11 Å². The lowest BCUT2D eigenvalue weighted by Crippen LogP contribution is -2.40. The first-order valence-corrected chi connectivity index (χ1v) is 6.90. The molecule has 0 aromatic rings. The Labute approximate surface area is 99.8 Å². The molecule has 0 amide bonds. The van der Waals surface area contributed by atoms with Crippen LogP contribution in [0.5, 0.6) is 0 Å². The van der Waals surface area contributed by atoms with Crippen LogP contribution in [-0.2, 0) is 0 Å². The highest BCUT2D eigenvalue weighted by atomic mass is 16.3. The molecule has 2 nitrogen and oxygen atoms in total. The van der Waals surface area contributed by atoms with Crippen LogP contribution in [0.3, 0.4) is 0 Å². The molecule has 0 spiro atoms. The van der Waals surface area contributed by atoms with Gasteiger partial charge in [-0.15, -0.1) is 0 Å². The van der Waals surface area contributed by atoms with Gasteiger partial charge in [-0.05, 0) is 49.4 Å². The third kappa shape index (κ3) is 3.21. The molecule has 0 heterocycles. The molecule has 2 N–H and O–H groups in total. The van der Waals surface area contributed by atoms with E-state index in [-0.39, 0.29) is 0 Å². The van der Waals surface area contributed by atoms with Gasteiger partial charge < -0.3 is 10.4 Å². The molecule has 0 radical (unpaired) electrons. The normalized spacial score (nSPS) is 31.3. The average Bonchev–Trinajstić information content (AvgIpc) is 2.95. The van der Waals surface area contributed by atoms with Gasteiger partial charge in [-0.25, -0.2) is 0 Å². The number of nitrogens with one attached hydrogen (secondary N) is 1. The quantitative estimate of drug-likeness (QED) is 0.754. The molecule has 16 heavy (non-hydrogen) atoms. The van der Waals surface area contributed by atoms with E-state index in [0.29, 0.717) is 17.4 Å². The molecule has 0 aromatic carbocycles. The van der Waals surface area contributed by atoms with E-state index in [9.17, 15) is 0 Å². The number of hydrogen-bond acceptors (Lipinski definition) is 2. The minimum atomic E-state index is 0.359. The first-order chi connectivity index (χ1) is 7.55. The molecule has 1 unspecified atom stereocenters. The van der Waals surface area contributed by atoms with Crippen LogP contribution in [-0.4, -0.2) is 24.3 Å². The Morgan fingerprint density at radius 2 is 2.00 bits per heavy atom. The number of hydrogen-bond donors (Lipinski definition) is 2. The Morgan fingerprint density at radius 1 is 1.25 bits per heavy atom. The third-order valence-corrected chi connectivity index (χ3v) is 4.57. The van der Waals surface area contributed by atoms with E-state index < -0.39 is 0 Å². The van der Waals surface area contributed by atoms with Gasteiger partial charge in [0, 0.05) is 19.2 Å². The SMILES string of the molecule is CC1(C)CCCC(NCC2(CCO)CC2)C1. The summed E-state index contributed by atoms with van der Waals surface area (Å²) >= 11 is 0. The standard InChI is InChI=1S/C14H27NO/c1-13(2)5-3-4-12(10-13)15-11-14(6-7-14)8-9-16/h12,15-16H,3-11H2,1-2H3. The highest BCUT2D eigenvalue weighted by Crippen LogP contribution is 2.48. The first-order valence-electron chi connectivity index (χ1n) is 6.90. The molecular weight excluding hydrogens is 198 g/mol. The fraction of sp³-hybridized carbons (Fsp3) is 1.00. The molecule has 2 rings (SSSR count). The molecule has 1 atom stereocenters. The highest BCUT2D eigenvalue weighted by molar-refractivity contribution is 4.96. The van der Waals surface area contributed by atoms with E-state index in [2.05, 4.69) is 19.2 Å². The van der Waals surface area contributed by atoms with Crippen LogP contribution < -0.4 is 5.32 Å². The fourth-order valence-electron chi connectivity index (χ4n) is 3.16. The maximum absolute atomic E-state index is 9.03. The number of aliphatic hydroxyl groups is 1. The first kappa shape index (κ1) is 12.4. The number of aliphatic hydroxyl groups excluding tert-OH is 1. The average molecular weight is 225 g/mol. The topological polar surface area (TPSA) is 32.3 Å². The smallest absolute Gasteiger partial charge is 0.0436 e. The van der Waals surface area contributed by atoms with Gasteiger partial charge in [-0.1, -0.05) is 20.3 Å². The summed E-state index contributed by atoms with van der Waals surface area (Å²) in [7, 11) is 0. The molecule has 94 valence electrons. The summed E-state index contributed by atoms with van der Waals surface area (Å²) in [5, 5.41) is 12.8. The second-order valence-corrected chi connectivity index (χ2v) is 6.81. The zero-order valence-electron chi connectivity index (χ0n) is 10.9. The van der Waals surface area contributed by atoms with Crippen LogP contribution in [0, 0.1) is 10.8 Å². The lowest BCUT2D eigenvalue weighted by Gasteiger charge is -2.36. The molecule has 2 aliphatic carbocycles. The predicted octanol–water partition coefficient (Wildman–Crippen LogP) is 2.71. The van der Waals surface area contributed by atoms with Crippen LogP contribution in [0.25, 0.3) is 0 Å². The van der Waals surface area contributed by atoms with E-state index in [0.717, 1.165) is 19.0 Å². The van der Waals surface area contributed by atoms with Gasteiger partial charge in [-0.3, -0.25) is 0 Å². The summed E-state index contributed by atoms with van der Waals surface area (Å²) < 4.78 is 0. The molecule has 0 bridgehead atoms. The minimum absolute atomic E-state index is 0.359. The van der Waals surface area contributed by atoms with Crippen molar-refractivity contribution in [3.8, 4) is 0 Å². The summed E-state index contributed by atoms with van der Waals surface area (Å²) in [6, 6.07) is 0.722. The van der Waals surface area contributed by atoms with Crippen LogP contribution in [0.2, 0.25) is 0 Å². The van der Waals surface area contributed by atoms with Crippen molar-refractivity contribution in [1.82, 2.24) is 5.32 Å². The summed E-state index contributed by atoms with van der Waals surface area (Å²) in [5.74, 6) is 0. The Bertz CT molecular complexity index is 233. The third-order valence-electron chi connectivity index (χ3n) is 4.57. The lowest BCUT2D eigenvalue weighted by molar-refractivity contribution is 0.185. The minimum Gasteiger partial charge on any atom is -0.396 e. The van der Waals surface area contributed by atoms with E-state index >= 15 is 0 Å². The largest absolute Gasteiger partial charge is 0.396 e. The molecule has 0 aromatic heterocycles. The lowest BCUT2D eigenvalue weighted by atomic mass is 9.75. The van der Waals surface area contributed by atoms with Gasteiger partial charge in [-0.2, -0.15) is 0 Å².